The van der Waals surface area contributed by atoms with Crippen molar-refractivity contribution >= 4 is 33.4 Å². The molecule has 2 aromatic rings. The molecule has 0 aliphatic carbocycles. The van der Waals surface area contributed by atoms with E-state index < -0.39 is 12.0 Å². The van der Waals surface area contributed by atoms with Crippen LogP contribution in [0, 0.1) is 5.82 Å². The van der Waals surface area contributed by atoms with Crippen LogP contribution in [0.1, 0.15) is 16.6 Å². The maximum atomic E-state index is 13.5. The maximum absolute atomic E-state index is 13.5. The lowest BCUT2D eigenvalue weighted by molar-refractivity contribution is 0.0916. The fraction of sp³-hybridized carbons (Fsp3) is 0.167. The predicted molar refractivity (Wildman–Crippen MR) is 69.4 cm³/mol. The van der Waals surface area contributed by atoms with Crippen molar-refractivity contribution in [2.75, 3.05) is 6.61 Å². The van der Waals surface area contributed by atoms with Gasteiger partial charge in [0.15, 0.2) is 0 Å². The van der Waals surface area contributed by atoms with E-state index >= 15 is 0 Å². The Hall–Kier alpha value is -2.15. The number of hydrogen-bond acceptors (Lipinski definition) is 4. The summed E-state index contributed by atoms with van der Waals surface area (Å²) in [6.45, 7) is 1.85. The zero-order chi connectivity index (χ0) is 13.8. The molecule has 2 N–H and O–H groups in total. The summed E-state index contributed by atoms with van der Waals surface area (Å²) in [7, 11) is 0. The van der Waals surface area contributed by atoms with E-state index in [0.717, 1.165) is 11.3 Å². The third kappa shape index (κ3) is 3.00. The molecule has 19 heavy (non-hydrogen) atoms. The van der Waals surface area contributed by atoms with Gasteiger partial charge >= 0.3 is 6.09 Å². The van der Waals surface area contributed by atoms with Crippen LogP contribution in [0.25, 0.3) is 10.1 Å². The van der Waals surface area contributed by atoms with Crippen LogP contribution >= 0.6 is 11.3 Å². The first kappa shape index (κ1) is 13.3. The van der Waals surface area contributed by atoms with E-state index in [9.17, 15) is 14.0 Å². The van der Waals surface area contributed by atoms with Crippen LogP contribution < -0.4 is 10.9 Å². The fourth-order valence-electron chi connectivity index (χ4n) is 1.47. The van der Waals surface area contributed by atoms with E-state index in [-0.39, 0.29) is 12.4 Å². The predicted octanol–water partition coefficient (Wildman–Crippen LogP) is 2.43. The van der Waals surface area contributed by atoms with Crippen LogP contribution in [0.5, 0.6) is 0 Å². The summed E-state index contributed by atoms with van der Waals surface area (Å²) in [5.41, 5.74) is 4.28. The third-order valence-electron chi connectivity index (χ3n) is 2.29. The zero-order valence-corrected chi connectivity index (χ0v) is 10.8. The van der Waals surface area contributed by atoms with E-state index in [0.29, 0.717) is 15.0 Å². The quantitative estimate of drug-likeness (QED) is 0.831. The highest BCUT2D eigenvalue weighted by molar-refractivity contribution is 7.20. The topological polar surface area (TPSA) is 67.4 Å². The van der Waals surface area contributed by atoms with Crippen molar-refractivity contribution in [3.8, 4) is 0 Å². The monoisotopic (exact) mass is 282 g/mol. The van der Waals surface area contributed by atoms with Crippen molar-refractivity contribution in [3.63, 3.8) is 0 Å². The number of hydrazine groups is 1. The average Bonchev–Trinajstić information content (AvgIpc) is 2.82. The first-order valence-corrected chi connectivity index (χ1v) is 6.34. The molecule has 0 bridgehead atoms. The van der Waals surface area contributed by atoms with Gasteiger partial charge in [0.2, 0.25) is 0 Å². The van der Waals surface area contributed by atoms with Gasteiger partial charge in [0, 0.05) is 10.1 Å². The molecule has 0 radical (unpaired) electrons. The molecular weight excluding hydrogens is 271 g/mol. The maximum Gasteiger partial charge on any atom is 0.426 e. The summed E-state index contributed by atoms with van der Waals surface area (Å²) >= 11 is 1.14. The van der Waals surface area contributed by atoms with Crippen LogP contribution in [0.15, 0.2) is 24.3 Å². The number of ether oxygens (including phenoxy) is 1. The molecule has 2 rings (SSSR count). The number of carbonyl (C=O) groups is 2. The van der Waals surface area contributed by atoms with Gasteiger partial charge in [-0.3, -0.25) is 10.2 Å². The van der Waals surface area contributed by atoms with Crippen LogP contribution in [0.3, 0.4) is 0 Å². The minimum Gasteiger partial charge on any atom is -0.449 e. The molecule has 0 aliphatic heterocycles. The Morgan fingerprint density at radius 2 is 2.16 bits per heavy atom. The minimum atomic E-state index is -0.747. The van der Waals surface area contributed by atoms with Gasteiger partial charge in [-0.15, -0.1) is 11.3 Å². The molecule has 0 atom stereocenters. The fourth-order valence-corrected chi connectivity index (χ4v) is 2.44. The van der Waals surface area contributed by atoms with E-state index in [1.54, 1.807) is 19.1 Å². The molecule has 1 aromatic heterocycles. The molecule has 0 unspecified atom stereocenters. The lowest BCUT2D eigenvalue weighted by Gasteiger charge is -2.05. The highest BCUT2D eigenvalue weighted by Crippen LogP contribution is 2.27. The number of rotatable bonds is 2. The van der Waals surface area contributed by atoms with Gasteiger partial charge in [-0.1, -0.05) is 6.07 Å². The second-order valence-electron chi connectivity index (χ2n) is 3.56. The number of fused-ring (bicyclic) bond motifs is 1. The van der Waals surface area contributed by atoms with Crippen molar-refractivity contribution in [2.45, 2.75) is 6.92 Å². The smallest absolute Gasteiger partial charge is 0.426 e. The lowest BCUT2D eigenvalue weighted by Crippen LogP contribution is -2.41. The van der Waals surface area contributed by atoms with E-state index in [1.165, 1.54) is 12.1 Å². The number of amides is 2. The first-order chi connectivity index (χ1) is 9.11. The number of hydrogen-bond donors (Lipinski definition) is 2. The molecule has 1 aromatic carbocycles. The summed E-state index contributed by atoms with van der Waals surface area (Å²) in [6.07, 6.45) is -0.747. The van der Waals surface area contributed by atoms with Crippen molar-refractivity contribution in [2.24, 2.45) is 0 Å². The number of halogens is 1. The van der Waals surface area contributed by atoms with Gasteiger partial charge in [0.05, 0.1) is 11.5 Å². The van der Waals surface area contributed by atoms with Crippen molar-refractivity contribution in [3.05, 3.63) is 35.0 Å². The number of thiophene rings is 1. The van der Waals surface area contributed by atoms with Gasteiger partial charge in [-0.05, 0) is 25.1 Å². The Morgan fingerprint density at radius 1 is 1.37 bits per heavy atom. The molecule has 1 heterocycles. The number of nitrogens with one attached hydrogen (secondary N) is 2. The largest absolute Gasteiger partial charge is 0.449 e. The molecule has 7 heteroatoms. The number of benzene rings is 1. The van der Waals surface area contributed by atoms with E-state index in [1.807, 2.05) is 0 Å². The summed E-state index contributed by atoms with van der Waals surface area (Å²) in [6, 6.07) is 6.07. The Labute approximate surface area is 112 Å². The Balaban J connectivity index is 2.09. The molecule has 2 amide bonds. The van der Waals surface area contributed by atoms with Crippen molar-refractivity contribution in [1.82, 2.24) is 10.9 Å². The van der Waals surface area contributed by atoms with Gasteiger partial charge in [-0.25, -0.2) is 14.6 Å². The second kappa shape index (κ2) is 5.66. The van der Waals surface area contributed by atoms with Gasteiger partial charge < -0.3 is 4.74 Å². The first-order valence-electron chi connectivity index (χ1n) is 5.53. The second-order valence-corrected chi connectivity index (χ2v) is 4.65. The highest BCUT2D eigenvalue weighted by Gasteiger charge is 2.13. The molecular formula is C12H11FN2O3S. The number of carbonyl (C=O) groups excluding carboxylic acids is 2. The summed E-state index contributed by atoms with van der Waals surface area (Å²) in [5.74, 6) is -0.903. The highest BCUT2D eigenvalue weighted by atomic mass is 32.1. The van der Waals surface area contributed by atoms with Gasteiger partial charge in [0.1, 0.15) is 5.82 Å². The van der Waals surface area contributed by atoms with Crippen LogP contribution in [0.2, 0.25) is 0 Å². The van der Waals surface area contributed by atoms with Gasteiger partial charge in [-0.2, -0.15) is 0 Å². The zero-order valence-electron chi connectivity index (χ0n) is 10.0. The average molecular weight is 282 g/mol. The molecule has 0 aliphatic rings. The van der Waals surface area contributed by atoms with Crippen LogP contribution in [-0.2, 0) is 4.74 Å². The van der Waals surface area contributed by atoms with E-state index in [4.69, 9.17) is 0 Å². The molecule has 5 nitrogen and oxygen atoms in total. The summed E-state index contributed by atoms with van der Waals surface area (Å²) < 4.78 is 18.7. The Kier molecular flexibility index (Phi) is 3.96. The van der Waals surface area contributed by atoms with Gasteiger partial charge in [0.25, 0.3) is 5.91 Å². The Bertz CT molecular complexity index is 626. The molecule has 100 valence electrons. The summed E-state index contributed by atoms with van der Waals surface area (Å²) in [4.78, 5) is 23.0. The normalized spacial score (nSPS) is 10.2. The van der Waals surface area contributed by atoms with Crippen LogP contribution in [-0.4, -0.2) is 18.6 Å². The van der Waals surface area contributed by atoms with Crippen molar-refractivity contribution < 1.29 is 18.7 Å². The lowest BCUT2D eigenvalue weighted by atomic mass is 10.2. The third-order valence-corrected chi connectivity index (χ3v) is 3.38. The van der Waals surface area contributed by atoms with Crippen molar-refractivity contribution in [1.29, 1.82) is 0 Å². The minimum absolute atomic E-state index is 0.204. The molecule has 0 saturated heterocycles. The van der Waals surface area contributed by atoms with E-state index in [2.05, 4.69) is 15.6 Å². The standard InChI is InChI=1S/C12H11FN2O3S/c1-2-18-12(17)15-14-11(16)10-6-7-8(13)4-3-5-9(7)19-10/h3-6H,2H2,1H3,(H,14,16)(H,15,17). The molecule has 0 saturated carbocycles. The van der Waals surface area contributed by atoms with Crippen LogP contribution in [0.4, 0.5) is 9.18 Å². The summed E-state index contributed by atoms with van der Waals surface area (Å²) in [5, 5.41) is 0.383. The molecule has 0 spiro atoms. The molecule has 0 fully saturated rings. The Morgan fingerprint density at radius 3 is 2.84 bits per heavy atom. The SMILES string of the molecule is CCOC(=O)NNC(=O)c1cc2c(F)cccc2s1.